The molecular formula is C12H9FN2O4S. The molecule has 0 aliphatic rings. The summed E-state index contributed by atoms with van der Waals surface area (Å²) in [7, 11) is 1.21. The van der Waals surface area contributed by atoms with Crippen LogP contribution in [0.2, 0.25) is 0 Å². The van der Waals surface area contributed by atoms with Crippen molar-refractivity contribution in [2.24, 2.45) is 0 Å². The Labute approximate surface area is 116 Å². The van der Waals surface area contributed by atoms with E-state index in [9.17, 15) is 19.3 Å². The lowest BCUT2D eigenvalue weighted by atomic mass is 10.1. The fourth-order valence-electron chi connectivity index (χ4n) is 1.65. The van der Waals surface area contributed by atoms with E-state index in [4.69, 9.17) is 5.73 Å². The number of rotatable bonds is 3. The zero-order chi connectivity index (χ0) is 14.9. The number of carbonyl (C=O) groups excluding carboxylic acids is 1. The van der Waals surface area contributed by atoms with E-state index in [1.807, 2.05) is 0 Å². The highest BCUT2D eigenvalue weighted by atomic mass is 32.1. The van der Waals surface area contributed by atoms with Gasteiger partial charge in [0.05, 0.1) is 29.4 Å². The summed E-state index contributed by atoms with van der Waals surface area (Å²) < 4.78 is 17.7. The van der Waals surface area contributed by atoms with Crippen molar-refractivity contribution in [3.63, 3.8) is 0 Å². The first-order valence-corrected chi connectivity index (χ1v) is 6.17. The molecule has 0 radical (unpaired) electrons. The van der Waals surface area contributed by atoms with Gasteiger partial charge < -0.3 is 10.5 Å². The highest BCUT2D eigenvalue weighted by Gasteiger charge is 2.21. The van der Waals surface area contributed by atoms with Gasteiger partial charge in [-0.25, -0.2) is 9.18 Å². The third-order valence-electron chi connectivity index (χ3n) is 2.55. The van der Waals surface area contributed by atoms with Crippen molar-refractivity contribution in [1.29, 1.82) is 0 Å². The van der Waals surface area contributed by atoms with Crippen LogP contribution in [0.15, 0.2) is 24.3 Å². The maximum absolute atomic E-state index is 13.1. The number of ether oxygens (including phenoxy) is 1. The van der Waals surface area contributed by atoms with Crippen LogP contribution in [0.1, 0.15) is 9.67 Å². The molecule has 2 rings (SSSR count). The molecule has 0 unspecified atom stereocenters. The van der Waals surface area contributed by atoms with Gasteiger partial charge in [-0.15, -0.1) is 11.3 Å². The van der Waals surface area contributed by atoms with E-state index >= 15 is 0 Å². The lowest BCUT2D eigenvalue weighted by Gasteiger charge is -2.00. The minimum Gasteiger partial charge on any atom is -0.465 e. The van der Waals surface area contributed by atoms with Crippen LogP contribution in [0.25, 0.3) is 10.4 Å². The van der Waals surface area contributed by atoms with Crippen LogP contribution in [0.5, 0.6) is 0 Å². The summed E-state index contributed by atoms with van der Waals surface area (Å²) >= 11 is 0.956. The molecule has 2 aromatic rings. The highest BCUT2D eigenvalue weighted by molar-refractivity contribution is 7.18. The van der Waals surface area contributed by atoms with Gasteiger partial charge in [0.15, 0.2) is 0 Å². The molecular weight excluding hydrogens is 287 g/mol. The molecule has 0 atom stereocenters. The number of nitro benzene ring substituents is 1. The van der Waals surface area contributed by atoms with Crippen molar-refractivity contribution in [2.75, 3.05) is 12.8 Å². The number of carbonyl (C=O) groups is 1. The van der Waals surface area contributed by atoms with E-state index in [0.29, 0.717) is 4.88 Å². The van der Waals surface area contributed by atoms with Crippen LogP contribution in [-0.2, 0) is 4.74 Å². The summed E-state index contributed by atoms with van der Waals surface area (Å²) in [4.78, 5) is 22.3. The van der Waals surface area contributed by atoms with Gasteiger partial charge in [-0.2, -0.15) is 0 Å². The molecule has 0 fully saturated rings. The van der Waals surface area contributed by atoms with Gasteiger partial charge in [0.25, 0.3) is 5.69 Å². The Hall–Kier alpha value is -2.48. The predicted octanol–water partition coefficient (Wildman–Crippen LogP) is 2.83. The molecule has 1 aromatic heterocycles. The number of thiophene rings is 1. The first kappa shape index (κ1) is 13.9. The number of methoxy groups -OCH3 is 1. The summed E-state index contributed by atoms with van der Waals surface area (Å²) in [5.74, 6) is -1.33. The van der Waals surface area contributed by atoms with Crippen LogP contribution in [-0.4, -0.2) is 18.0 Å². The normalized spacial score (nSPS) is 10.3. The molecule has 2 N–H and O–H groups in total. The van der Waals surface area contributed by atoms with Crippen LogP contribution in [0.3, 0.4) is 0 Å². The molecule has 0 spiro atoms. The van der Waals surface area contributed by atoms with Crippen molar-refractivity contribution in [2.45, 2.75) is 0 Å². The highest BCUT2D eigenvalue weighted by Crippen LogP contribution is 2.38. The van der Waals surface area contributed by atoms with Crippen molar-refractivity contribution < 1.29 is 18.8 Å². The van der Waals surface area contributed by atoms with Crippen LogP contribution < -0.4 is 5.73 Å². The number of hydrogen-bond donors (Lipinski definition) is 1. The number of anilines is 1. The Bertz CT molecular complexity index is 699. The Morgan fingerprint density at radius 2 is 2.15 bits per heavy atom. The molecule has 0 amide bonds. The molecule has 0 aliphatic carbocycles. The topological polar surface area (TPSA) is 95.5 Å². The van der Waals surface area contributed by atoms with Crippen LogP contribution >= 0.6 is 11.3 Å². The number of halogens is 1. The minimum atomic E-state index is -0.710. The first-order valence-electron chi connectivity index (χ1n) is 5.36. The quantitative estimate of drug-likeness (QED) is 0.534. The summed E-state index contributed by atoms with van der Waals surface area (Å²) in [6.07, 6.45) is 0. The van der Waals surface area contributed by atoms with Crippen LogP contribution in [0.4, 0.5) is 15.8 Å². The van der Waals surface area contributed by atoms with E-state index < -0.39 is 16.7 Å². The molecule has 20 heavy (non-hydrogen) atoms. The Morgan fingerprint density at radius 1 is 1.45 bits per heavy atom. The fraction of sp³-hybridized carbons (Fsp3) is 0.0833. The van der Waals surface area contributed by atoms with E-state index in [2.05, 4.69) is 4.74 Å². The van der Waals surface area contributed by atoms with Gasteiger partial charge in [0.1, 0.15) is 10.7 Å². The number of hydrogen-bond acceptors (Lipinski definition) is 6. The Balaban J connectivity index is 2.58. The molecule has 1 aromatic carbocycles. The summed E-state index contributed by atoms with van der Waals surface area (Å²) in [6, 6.07) is 4.63. The number of esters is 1. The zero-order valence-corrected chi connectivity index (χ0v) is 11.1. The fourth-order valence-corrected chi connectivity index (χ4v) is 2.69. The second-order valence-electron chi connectivity index (χ2n) is 3.81. The maximum atomic E-state index is 13.1. The van der Waals surface area contributed by atoms with Gasteiger partial charge in [0, 0.05) is 4.88 Å². The van der Waals surface area contributed by atoms with Gasteiger partial charge in [-0.05, 0) is 18.2 Å². The van der Waals surface area contributed by atoms with Crippen molar-refractivity contribution in [3.8, 4) is 10.4 Å². The van der Waals surface area contributed by atoms with Crippen molar-refractivity contribution in [3.05, 3.63) is 45.1 Å². The summed E-state index contributed by atoms with van der Waals surface area (Å²) in [5.41, 5.74) is 5.65. The predicted molar refractivity (Wildman–Crippen MR) is 72.1 cm³/mol. The molecule has 104 valence electrons. The van der Waals surface area contributed by atoms with E-state index in [1.54, 1.807) is 0 Å². The molecule has 0 aliphatic heterocycles. The third kappa shape index (κ3) is 2.45. The first-order chi connectivity index (χ1) is 9.43. The SMILES string of the molecule is COC(=O)c1sc(-c2ccc(F)cc2[N+](=O)[O-])cc1N. The van der Waals surface area contributed by atoms with Crippen molar-refractivity contribution in [1.82, 2.24) is 0 Å². The molecule has 0 saturated carbocycles. The standard InChI is InChI=1S/C12H9FN2O4S/c1-19-12(16)11-8(14)5-10(20-11)7-3-2-6(13)4-9(7)15(17)18/h2-5H,14H2,1H3. The van der Waals surface area contributed by atoms with Gasteiger partial charge in [-0.1, -0.05) is 0 Å². The average Bonchev–Trinajstić information content (AvgIpc) is 2.79. The number of benzene rings is 1. The van der Waals surface area contributed by atoms with Crippen molar-refractivity contribution >= 4 is 28.7 Å². The summed E-state index contributed by atoms with van der Waals surface area (Å²) in [6.45, 7) is 0. The van der Waals surface area contributed by atoms with Crippen LogP contribution in [0, 0.1) is 15.9 Å². The number of nitro groups is 1. The molecule has 8 heteroatoms. The second kappa shape index (κ2) is 5.25. The smallest absolute Gasteiger partial charge is 0.350 e. The largest absolute Gasteiger partial charge is 0.465 e. The lowest BCUT2D eigenvalue weighted by molar-refractivity contribution is -0.384. The van der Waals surface area contributed by atoms with Gasteiger partial charge in [0.2, 0.25) is 0 Å². The number of nitrogens with two attached hydrogens (primary N) is 1. The average molecular weight is 296 g/mol. The summed E-state index contributed by atoms with van der Waals surface area (Å²) in [5, 5.41) is 10.9. The molecule has 0 bridgehead atoms. The van der Waals surface area contributed by atoms with E-state index in [-0.39, 0.29) is 21.8 Å². The Kier molecular flexibility index (Phi) is 3.66. The maximum Gasteiger partial charge on any atom is 0.350 e. The Morgan fingerprint density at radius 3 is 2.75 bits per heavy atom. The van der Waals surface area contributed by atoms with Gasteiger partial charge >= 0.3 is 5.97 Å². The monoisotopic (exact) mass is 296 g/mol. The number of nitrogen functional groups attached to an aromatic ring is 1. The zero-order valence-electron chi connectivity index (χ0n) is 10.3. The second-order valence-corrected chi connectivity index (χ2v) is 4.86. The lowest BCUT2D eigenvalue weighted by Crippen LogP contribution is -2.00. The minimum absolute atomic E-state index is 0.154. The van der Waals surface area contributed by atoms with E-state index in [1.165, 1.54) is 19.2 Å². The third-order valence-corrected chi connectivity index (χ3v) is 3.72. The van der Waals surface area contributed by atoms with Gasteiger partial charge in [-0.3, -0.25) is 10.1 Å². The molecule has 0 saturated heterocycles. The van der Waals surface area contributed by atoms with E-state index in [0.717, 1.165) is 23.5 Å². The molecule has 6 nitrogen and oxygen atoms in total. The number of nitrogens with zero attached hydrogens (tertiary/aromatic N) is 1. The molecule has 1 heterocycles.